The summed E-state index contributed by atoms with van der Waals surface area (Å²) in [5.41, 5.74) is 2.83. The summed E-state index contributed by atoms with van der Waals surface area (Å²) in [7, 11) is -3.41. The fourth-order valence-electron chi connectivity index (χ4n) is 2.13. The van der Waals surface area contributed by atoms with E-state index in [0.29, 0.717) is 17.2 Å². The lowest BCUT2D eigenvalue weighted by atomic mass is 10.3. The zero-order valence-corrected chi connectivity index (χ0v) is 15.1. The third-order valence-corrected chi connectivity index (χ3v) is 6.89. The monoisotopic (exact) mass is 368 g/mol. The maximum atomic E-state index is 12.0. The van der Waals surface area contributed by atoms with Crippen LogP contribution in [0.4, 0.5) is 0 Å². The van der Waals surface area contributed by atoms with Crippen LogP contribution in [0, 0.1) is 13.8 Å². The van der Waals surface area contributed by atoms with Gasteiger partial charge in [-0.1, -0.05) is 6.07 Å². The molecule has 0 saturated carbocycles. The second-order valence-corrected chi connectivity index (χ2v) is 8.82. The molecule has 9 heteroatoms. The van der Waals surface area contributed by atoms with Crippen LogP contribution in [0.15, 0.2) is 33.2 Å². The third kappa shape index (κ3) is 3.69. The molecule has 0 aliphatic heterocycles. The molecule has 3 aromatic heterocycles. The molecule has 0 aromatic carbocycles. The predicted molar refractivity (Wildman–Crippen MR) is 91.9 cm³/mol. The van der Waals surface area contributed by atoms with Crippen LogP contribution in [-0.2, 0) is 16.4 Å². The minimum Gasteiger partial charge on any atom is -0.223 e. The van der Waals surface area contributed by atoms with Crippen molar-refractivity contribution in [3.05, 3.63) is 46.0 Å². The Morgan fingerprint density at radius 2 is 2.13 bits per heavy atom. The van der Waals surface area contributed by atoms with Gasteiger partial charge in [0.25, 0.3) is 0 Å². The summed E-state index contributed by atoms with van der Waals surface area (Å²) in [4.78, 5) is 4.52. The first-order chi connectivity index (χ1) is 11.0. The van der Waals surface area contributed by atoms with Gasteiger partial charge in [-0.3, -0.25) is 0 Å². The highest BCUT2D eigenvalue weighted by Gasteiger charge is 2.15. The second-order valence-electron chi connectivity index (χ2n) is 5.04. The highest BCUT2D eigenvalue weighted by Crippen LogP contribution is 2.18. The maximum absolute atomic E-state index is 12.0. The summed E-state index contributed by atoms with van der Waals surface area (Å²) in [5.74, 6) is 0. The lowest BCUT2D eigenvalue weighted by molar-refractivity contribution is 0.583. The number of hydrogen-bond acceptors (Lipinski definition) is 6. The van der Waals surface area contributed by atoms with E-state index >= 15 is 0 Å². The van der Waals surface area contributed by atoms with Crippen molar-refractivity contribution >= 4 is 32.7 Å². The number of sulfonamides is 1. The van der Waals surface area contributed by atoms with Crippen LogP contribution in [-0.4, -0.2) is 29.7 Å². The zero-order chi connectivity index (χ0) is 16.4. The van der Waals surface area contributed by atoms with Gasteiger partial charge in [-0.25, -0.2) is 22.8 Å². The molecule has 0 saturated heterocycles. The third-order valence-electron chi connectivity index (χ3n) is 3.16. The number of thiophene rings is 1. The summed E-state index contributed by atoms with van der Waals surface area (Å²) < 4.78 is 28.8. The van der Waals surface area contributed by atoms with Crippen LogP contribution in [0.1, 0.15) is 17.1 Å². The number of aromatic nitrogens is 3. The van der Waals surface area contributed by atoms with Crippen molar-refractivity contribution in [2.75, 3.05) is 6.54 Å². The first-order valence-electron chi connectivity index (χ1n) is 6.97. The molecule has 3 heterocycles. The highest BCUT2D eigenvalue weighted by molar-refractivity contribution is 7.91. The lowest BCUT2D eigenvalue weighted by Gasteiger charge is -2.03. The standard InChI is InChI=1S/C14H16N4O2S3/c1-10-8-11(2)18(17-10)14-16-12(9-22-14)5-6-15-23(19,20)13-4-3-7-21-13/h3-4,7-9,15H,5-6H2,1-2H3. The Hall–Kier alpha value is -1.55. The van der Waals surface area contributed by atoms with Crippen molar-refractivity contribution in [2.45, 2.75) is 24.5 Å². The molecule has 0 aliphatic rings. The number of nitrogens with one attached hydrogen (secondary N) is 1. The van der Waals surface area contributed by atoms with Crippen LogP contribution in [0.3, 0.4) is 0 Å². The van der Waals surface area contributed by atoms with Gasteiger partial charge in [0.2, 0.25) is 15.2 Å². The number of thiazole rings is 1. The van der Waals surface area contributed by atoms with Crippen molar-refractivity contribution in [1.29, 1.82) is 0 Å². The SMILES string of the molecule is Cc1cc(C)n(-c2nc(CCNS(=O)(=O)c3cccs3)cs2)n1. The van der Waals surface area contributed by atoms with Gasteiger partial charge in [0.05, 0.1) is 11.4 Å². The van der Waals surface area contributed by atoms with E-state index in [9.17, 15) is 8.42 Å². The van der Waals surface area contributed by atoms with Crippen molar-refractivity contribution in [2.24, 2.45) is 0 Å². The zero-order valence-electron chi connectivity index (χ0n) is 12.7. The maximum Gasteiger partial charge on any atom is 0.250 e. The molecule has 3 aromatic rings. The van der Waals surface area contributed by atoms with Gasteiger partial charge >= 0.3 is 0 Å². The summed E-state index contributed by atoms with van der Waals surface area (Å²) in [6.45, 7) is 4.24. The van der Waals surface area contributed by atoms with E-state index in [1.54, 1.807) is 22.2 Å². The molecule has 1 N–H and O–H groups in total. The Labute approximate surface area is 142 Å². The van der Waals surface area contributed by atoms with Gasteiger partial charge < -0.3 is 0 Å². The molecule has 0 fully saturated rings. The number of nitrogens with zero attached hydrogens (tertiary/aromatic N) is 3. The Bertz CT molecular complexity index is 895. The molecule has 6 nitrogen and oxygen atoms in total. The Kier molecular flexibility index (Phi) is 4.62. The minimum absolute atomic E-state index is 0.320. The lowest BCUT2D eigenvalue weighted by Crippen LogP contribution is -2.25. The van der Waals surface area contributed by atoms with Gasteiger partial charge in [-0.2, -0.15) is 5.10 Å². The van der Waals surface area contributed by atoms with Crippen molar-refractivity contribution < 1.29 is 8.42 Å². The molecule has 0 aliphatic carbocycles. The van der Waals surface area contributed by atoms with Crippen LogP contribution >= 0.6 is 22.7 Å². The van der Waals surface area contributed by atoms with Gasteiger partial charge in [-0.05, 0) is 31.4 Å². The fraction of sp³-hybridized carbons (Fsp3) is 0.286. The van der Waals surface area contributed by atoms with Gasteiger partial charge in [-0.15, -0.1) is 22.7 Å². The molecular weight excluding hydrogens is 352 g/mol. The molecule has 0 spiro atoms. The van der Waals surface area contributed by atoms with Crippen LogP contribution in [0.5, 0.6) is 0 Å². The smallest absolute Gasteiger partial charge is 0.223 e. The average Bonchev–Trinajstić information content (AvgIpc) is 3.20. The van der Waals surface area contributed by atoms with E-state index in [4.69, 9.17) is 0 Å². The molecule has 0 atom stereocenters. The summed E-state index contributed by atoms with van der Waals surface area (Å²) >= 11 is 2.71. The highest BCUT2D eigenvalue weighted by atomic mass is 32.2. The van der Waals surface area contributed by atoms with Gasteiger partial charge in [0, 0.05) is 24.0 Å². The van der Waals surface area contributed by atoms with Gasteiger partial charge in [0.15, 0.2) is 0 Å². The van der Waals surface area contributed by atoms with Gasteiger partial charge in [0.1, 0.15) is 4.21 Å². The quantitative estimate of drug-likeness (QED) is 0.725. The topological polar surface area (TPSA) is 76.9 Å². The molecule has 0 radical (unpaired) electrons. The van der Waals surface area contributed by atoms with E-state index in [0.717, 1.165) is 22.2 Å². The Morgan fingerprint density at radius 1 is 1.30 bits per heavy atom. The number of rotatable bonds is 6. The van der Waals surface area contributed by atoms with Crippen LogP contribution in [0.2, 0.25) is 0 Å². The van der Waals surface area contributed by atoms with Crippen molar-refractivity contribution in [3.63, 3.8) is 0 Å². The summed E-state index contributed by atoms with van der Waals surface area (Å²) in [6, 6.07) is 5.31. The van der Waals surface area contributed by atoms with Crippen molar-refractivity contribution in [3.8, 4) is 5.13 Å². The molecule has 0 unspecified atom stereocenters. The Balaban J connectivity index is 1.63. The summed E-state index contributed by atoms with van der Waals surface area (Å²) in [5, 5.41) is 8.88. The van der Waals surface area contributed by atoms with Crippen molar-refractivity contribution in [1.82, 2.24) is 19.5 Å². The van der Waals surface area contributed by atoms with E-state index in [1.807, 2.05) is 25.3 Å². The van der Waals surface area contributed by atoms with E-state index in [-0.39, 0.29) is 0 Å². The summed E-state index contributed by atoms with van der Waals surface area (Å²) in [6.07, 6.45) is 0.542. The molecule has 122 valence electrons. The first-order valence-corrected chi connectivity index (χ1v) is 10.2. The first kappa shape index (κ1) is 16.3. The minimum atomic E-state index is -3.41. The number of hydrogen-bond donors (Lipinski definition) is 1. The number of aryl methyl sites for hydroxylation is 2. The van der Waals surface area contributed by atoms with E-state index in [1.165, 1.54) is 22.7 Å². The molecule has 0 bridgehead atoms. The molecule has 0 amide bonds. The Morgan fingerprint density at radius 3 is 2.78 bits per heavy atom. The van der Waals surface area contributed by atoms with E-state index < -0.39 is 10.0 Å². The largest absolute Gasteiger partial charge is 0.250 e. The fourth-order valence-corrected chi connectivity index (χ4v) is 5.07. The second kappa shape index (κ2) is 6.52. The molecule has 23 heavy (non-hydrogen) atoms. The van der Waals surface area contributed by atoms with Crippen LogP contribution in [0.25, 0.3) is 5.13 Å². The van der Waals surface area contributed by atoms with Crippen LogP contribution < -0.4 is 4.72 Å². The average molecular weight is 369 g/mol. The predicted octanol–water partition coefficient (Wildman–Crippen LogP) is 2.53. The van der Waals surface area contributed by atoms with E-state index in [2.05, 4.69) is 14.8 Å². The molecule has 3 rings (SSSR count). The molecular formula is C14H16N4O2S3. The normalized spacial score (nSPS) is 11.9.